The zero-order valence-corrected chi connectivity index (χ0v) is 22.6. The smallest absolute Gasteiger partial charge is 0.179 e. The van der Waals surface area contributed by atoms with Gasteiger partial charge in [0, 0.05) is 44.2 Å². The predicted molar refractivity (Wildman–Crippen MR) is 143 cm³/mol. The van der Waals surface area contributed by atoms with Crippen LogP contribution in [0.4, 0.5) is 24.5 Å². The molecule has 1 fully saturated rings. The predicted octanol–water partition coefficient (Wildman–Crippen LogP) is 5.29. The molecule has 2 aromatic carbocycles. The van der Waals surface area contributed by atoms with Crippen LogP contribution in [0.3, 0.4) is 0 Å². The largest absolute Gasteiger partial charge is 0.481 e. The van der Waals surface area contributed by atoms with Gasteiger partial charge >= 0.3 is 0 Å². The van der Waals surface area contributed by atoms with E-state index in [9.17, 15) is 8.78 Å². The van der Waals surface area contributed by atoms with Gasteiger partial charge in [-0.1, -0.05) is 6.07 Å². The fraction of sp³-hybridized carbons (Fsp3) is 0.448. The summed E-state index contributed by atoms with van der Waals surface area (Å²) in [6, 6.07) is 8.16. The summed E-state index contributed by atoms with van der Waals surface area (Å²) in [6.07, 6.45) is 1.31. The standard InChI is InChI=1S/C29H34F3N5O/c1-18(2)37-17-29(3,4)38-28-22(31)14-20(15-25(28)37)27-23(32)16-33-26(34-27)13-19-6-7-24(21(30)12-19)36-10-8-35(5)9-11-36/h6-7,12,14-16,18H,8-11,13,17H2,1-5H3. The molecule has 5 rings (SSSR count). The Balaban J connectivity index is 1.43. The average molecular weight is 526 g/mol. The highest BCUT2D eigenvalue weighted by molar-refractivity contribution is 5.72. The Morgan fingerprint density at radius 2 is 1.68 bits per heavy atom. The van der Waals surface area contributed by atoms with Gasteiger partial charge < -0.3 is 19.4 Å². The molecule has 0 atom stereocenters. The van der Waals surface area contributed by atoms with Crippen LogP contribution in [0.25, 0.3) is 11.3 Å². The van der Waals surface area contributed by atoms with E-state index in [1.54, 1.807) is 12.1 Å². The lowest BCUT2D eigenvalue weighted by Gasteiger charge is -2.43. The van der Waals surface area contributed by atoms with E-state index in [4.69, 9.17) is 4.74 Å². The molecule has 6 nitrogen and oxygen atoms in total. The second kappa shape index (κ2) is 10.1. The molecule has 0 amide bonds. The first-order valence-electron chi connectivity index (χ1n) is 13.0. The molecule has 0 aliphatic carbocycles. The van der Waals surface area contributed by atoms with Crippen molar-refractivity contribution >= 4 is 11.4 Å². The second-order valence-corrected chi connectivity index (χ2v) is 11.1. The van der Waals surface area contributed by atoms with Gasteiger partial charge in [0.2, 0.25) is 0 Å². The van der Waals surface area contributed by atoms with Crippen molar-refractivity contribution < 1.29 is 17.9 Å². The van der Waals surface area contributed by atoms with Gasteiger partial charge in [0.15, 0.2) is 17.4 Å². The van der Waals surface area contributed by atoms with Crippen LogP contribution in [0.2, 0.25) is 0 Å². The topological polar surface area (TPSA) is 44.7 Å². The minimum atomic E-state index is -0.655. The van der Waals surface area contributed by atoms with Gasteiger partial charge in [-0.15, -0.1) is 0 Å². The number of halogens is 3. The molecular formula is C29H34F3N5O. The van der Waals surface area contributed by atoms with E-state index < -0.39 is 17.2 Å². The van der Waals surface area contributed by atoms with Crippen molar-refractivity contribution in [1.82, 2.24) is 14.9 Å². The Bertz CT molecular complexity index is 1340. The maximum atomic E-state index is 15.3. The van der Waals surface area contributed by atoms with Crippen molar-refractivity contribution in [2.45, 2.75) is 45.8 Å². The molecule has 0 radical (unpaired) electrons. The van der Waals surface area contributed by atoms with Crippen LogP contribution in [0.15, 0.2) is 36.5 Å². The third-order valence-corrected chi connectivity index (χ3v) is 7.17. The zero-order chi connectivity index (χ0) is 27.2. The van der Waals surface area contributed by atoms with Crippen molar-refractivity contribution in [3.63, 3.8) is 0 Å². The summed E-state index contributed by atoms with van der Waals surface area (Å²) in [5, 5.41) is 0. The lowest BCUT2D eigenvalue weighted by molar-refractivity contribution is 0.0967. The number of hydrogen-bond donors (Lipinski definition) is 0. The van der Waals surface area contributed by atoms with Crippen LogP contribution in [0, 0.1) is 17.5 Å². The number of rotatable bonds is 5. The SMILES string of the molecule is CC(C)N1CC(C)(C)Oc2c(F)cc(-c3nc(Cc4ccc(N5CCN(C)CC5)c(F)c4)ncc3F)cc21. The molecule has 9 heteroatoms. The fourth-order valence-corrected chi connectivity index (χ4v) is 5.13. The zero-order valence-electron chi connectivity index (χ0n) is 22.6. The molecule has 0 saturated carbocycles. The first kappa shape index (κ1) is 26.3. The molecule has 3 aromatic rings. The van der Waals surface area contributed by atoms with Crippen molar-refractivity contribution in [3.05, 3.63) is 65.4 Å². The van der Waals surface area contributed by atoms with Crippen LogP contribution in [0.5, 0.6) is 5.75 Å². The summed E-state index contributed by atoms with van der Waals surface area (Å²) in [5.74, 6) is -1.05. The van der Waals surface area contributed by atoms with E-state index in [0.717, 1.165) is 32.4 Å². The van der Waals surface area contributed by atoms with E-state index >= 15 is 4.39 Å². The first-order valence-corrected chi connectivity index (χ1v) is 13.0. The van der Waals surface area contributed by atoms with Crippen LogP contribution < -0.4 is 14.5 Å². The van der Waals surface area contributed by atoms with E-state index in [1.165, 1.54) is 12.1 Å². The minimum absolute atomic E-state index is 0.000214. The Hall–Kier alpha value is -3.33. The summed E-state index contributed by atoms with van der Waals surface area (Å²) < 4.78 is 51.1. The molecule has 2 aliphatic rings. The van der Waals surface area contributed by atoms with Crippen molar-refractivity contribution in [2.75, 3.05) is 49.6 Å². The third-order valence-electron chi connectivity index (χ3n) is 7.17. The Kier molecular flexibility index (Phi) is 6.98. The van der Waals surface area contributed by atoms with E-state index in [1.807, 2.05) is 38.7 Å². The number of ether oxygens (including phenoxy) is 1. The summed E-state index contributed by atoms with van der Waals surface area (Å²) >= 11 is 0. The Morgan fingerprint density at radius 1 is 0.947 bits per heavy atom. The van der Waals surface area contributed by atoms with Gasteiger partial charge in [0.25, 0.3) is 0 Å². The average Bonchev–Trinajstić information content (AvgIpc) is 2.85. The van der Waals surface area contributed by atoms with Gasteiger partial charge in [0.05, 0.1) is 24.1 Å². The highest BCUT2D eigenvalue weighted by atomic mass is 19.1. The van der Waals surface area contributed by atoms with Crippen LogP contribution in [-0.2, 0) is 6.42 Å². The van der Waals surface area contributed by atoms with Crippen molar-refractivity contribution in [1.29, 1.82) is 0 Å². The van der Waals surface area contributed by atoms with Crippen LogP contribution in [-0.4, -0.2) is 66.3 Å². The minimum Gasteiger partial charge on any atom is -0.481 e. The number of likely N-dealkylation sites (N-methyl/N-ethyl adjacent to an activating group) is 1. The van der Waals surface area contributed by atoms with E-state index in [0.29, 0.717) is 34.9 Å². The van der Waals surface area contributed by atoms with Gasteiger partial charge in [-0.2, -0.15) is 0 Å². The van der Waals surface area contributed by atoms with Gasteiger partial charge in [-0.3, -0.25) is 0 Å². The van der Waals surface area contributed by atoms with E-state index in [2.05, 4.69) is 26.8 Å². The monoisotopic (exact) mass is 525 g/mol. The molecule has 1 aromatic heterocycles. The quantitative estimate of drug-likeness (QED) is 0.451. The summed E-state index contributed by atoms with van der Waals surface area (Å²) in [4.78, 5) is 14.9. The maximum Gasteiger partial charge on any atom is 0.179 e. The highest BCUT2D eigenvalue weighted by Gasteiger charge is 2.35. The number of piperazine rings is 1. The Labute approximate surface area is 222 Å². The van der Waals surface area contributed by atoms with Gasteiger partial charge in [-0.05, 0) is 64.6 Å². The molecule has 0 spiro atoms. The molecule has 1 saturated heterocycles. The Morgan fingerprint density at radius 3 is 2.37 bits per heavy atom. The molecule has 202 valence electrons. The maximum absolute atomic E-state index is 15.3. The molecule has 38 heavy (non-hydrogen) atoms. The normalized spacial score (nSPS) is 17.5. The lowest BCUT2D eigenvalue weighted by Crippen LogP contribution is -2.49. The molecule has 3 heterocycles. The second-order valence-electron chi connectivity index (χ2n) is 11.1. The molecule has 2 aliphatic heterocycles. The fourth-order valence-electron chi connectivity index (χ4n) is 5.13. The number of aromatic nitrogens is 2. The van der Waals surface area contributed by atoms with Gasteiger partial charge in [0.1, 0.15) is 22.9 Å². The molecule has 0 N–H and O–H groups in total. The number of benzene rings is 2. The lowest BCUT2D eigenvalue weighted by atomic mass is 10.0. The van der Waals surface area contributed by atoms with Crippen molar-refractivity contribution in [3.8, 4) is 17.0 Å². The van der Waals surface area contributed by atoms with Crippen LogP contribution >= 0.6 is 0 Å². The number of anilines is 2. The van der Waals surface area contributed by atoms with Gasteiger partial charge in [-0.25, -0.2) is 23.1 Å². The third kappa shape index (κ3) is 5.29. The molecule has 0 unspecified atom stereocenters. The summed E-state index contributed by atoms with van der Waals surface area (Å²) in [6.45, 7) is 11.7. The number of fused-ring (bicyclic) bond motifs is 1. The van der Waals surface area contributed by atoms with Crippen molar-refractivity contribution in [2.24, 2.45) is 0 Å². The summed E-state index contributed by atoms with van der Waals surface area (Å²) in [7, 11) is 2.06. The van der Waals surface area contributed by atoms with Crippen LogP contribution in [0.1, 0.15) is 39.1 Å². The number of hydrogen-bond acceptors (Lipinski definition) is 6. The summed E-state index contributed by atoms with van der Waals surface area (Å²) in [5.41, 5.74) is 1.55. The molecule has 0 bridgehead atoms. The molecular weight excluding hydrogens is 491 g/mol. The first-order chi connectivity index (χ1) is 18.0. The highest BCUT2D eigenvalue weighted by Crippen LogP contribution is 2.42. The van der Waals surface area contributed by atoms with E-state index in [-0.39, 0.29) is 29.7 Å². The number of nitrogens with zero attached hydrogens (tertiary/aromatic N) is 5.